The number of nitriles is 1. The summed E-state index contributed by atoms with van der Waals surface area (Å²) in [7, 11) is 0. The van der Waals surface area contributed by atoms with Crippen LogP contribution in [0.2, 0.25) is 0 Å². The van der Waals surface area contributed by atoms with Crippen LogP contribution in [0.1, 0.15) is 42.0 Å². The standard InChI is InChI=1S/C28H25FN6O/c29-20-4-5-25(36)18(7-20)13-35-21-8-22(35)15-34(14-21)26-6-3-17(11-31-26)27-19(10-30)12-32-28-23(27)9-24(33-28)16-1-2-16/h3-7,9,11-12,16,21-22,36H,1-2,8,13-15H2,(H,32,33). The summed E-state index contributed by atoms with van der Waals surface area (Å²) in [5.74, 6) is 1.31. The summed E-state index contributed by atoms with van der Waals surface area (Å²) in [5.41, 5.74) is 4.99. The highest BCUT2D eigenvalue weighted by molar-refractivity contribution is 5.96. The highest BCUT2D eigenvalue weighted by Gasteiger charge is 2.45. The van der Waals surface area contributed by atoms with Gasteiger partial charge in [0.2, 0.25) is 0 Å². The third-order valence-corrected chi connectivity index (χ3v) is 7.92. The maximum absolute atomic E-state index is 13.7. The number of benzene rings is 1. The summed E-state index contributed by atoms with van der Waals surface area (Å²) in [6.07, 6.45) is 6.99. The number of hydrogen-bond donors (Lipinski definition) is 2. The molecule has 6 heterocycles. The van der Waals surface area contributed by atoms with Gasteiger partial charge in [-0.15, -0.1) is 0 Å². The number of aromatic amines is 1. The summed E-state index contributed by atoms with van der Waals surface area (Å²) >= 11 is 0. The number of piperazine rings is 1. The first-order chi connectivity index (χ1) is 17.6. The lowest BCUT2D eigenvalue weighted by Gasteiger charge is -2.56. The van der Waals surface area contributed by atoms with Crippen LogP contribution >= 0.6 is 0 Å². The molecule has 2 atom stereocenters. The SMILES string of the molecule is N#Cc1cnc2[nH]c(C3CC3)cc2c1-c1ccc(N2CC3CC(C2)N3Cc2cc(F)ccc2O)nc1. The van der Waals surface area contributed by atoms with Gasteiger partial charge in [-0.1, -0.05) is 0 Å². The molecule has 4 aliphatic rings. The molecule has 4 aromatic rings. The van der Waals surface area contributed by atoms with Crippen LogP contribution < -0.4 is 4.90 Å². The maximum Gasteiger partial charge on any atom is 0.138 e. The molecule has 36 heavy (non-hydrogen) atoms. The highest BCUT2D eigenvalue weighted by atomic mass is 19.1. The molecule has 3 aliphatic heterocycles. The first kappa shape index (κ1) is 21.3. The van der Waals surface area contributed by atoms with Crippen LogP contribution in [0, 0.1) is 17.1 Å². The van der Waals surface area contributed by atoms with Crippen LogP contribution in [0.25, 0.3) is 22.2 Å². The number of aromatic hydroxyl groups is 1. The van der Waals surface area contributed by atoms with Crippen molar-refractivity contribution in [1.29, 1.82) is 5.26 Å². The molecular formula is C28H25FN6O. The van der Waals surface area contributed by atoms with Gasteiger partial charge >= 0.3 is 0 Å². The number of nitrogens with one attached hydrogen (secondary N) is 1. The van der Waals surface area contributed by atoms with E-state index in [-0.39, 0.29) is 11.6 Å². The van der Waals surface area contributed by atoms with E-state index in [9.17, 15) is 14.8 Å². The Labute approximate surface area is 207 Å². The Kier molecular flexibility index (Phi) is 4.76. The van der Waals surface area contributed by atoms with Crippen molar-refractivity contribution < 1.29 is 9.50 Å². The van der Waals surface area contributed by atoms with Gasteiger partial charge in [-0.3, -0.25) is 4.90 Å². The number of piperidine rings is 1. The van der Waals surface area contributed by atoms with Crippen molar-refractivity contribution in [2.75, 3.05) is 18.0 Å². The molecule has 3 aromatic heterocycles. The molecule has 4 fully saturated rings. The molecule has 2 unspecified atom stereocenters. The second kappa shape index (κ2) is 8.04. The average Bonchev–Trinajstić information content (AvgIpc) is 3.67. The summed E-state index contributed by atoms with van der Waals surface area (Å²) in [6.45, 7) is 2.22. The summed E-state index contributed by atoms with van der Waals surface area (Å²) in [6, 6.07) is 13.3. The summed E-state index contributed by atoms with van der Waals surface area (Å²) in [4.78, 5) is 17.3. The number of phenolic OH excluding ortho intramolecular Hbond substituents is 1. The van der Waals surface area contributed by atoms with Gasteiger partial charge in [0.15, 0.2) is 0 Å². The van der Waals surface area contributed by atoms with Crippen LogP contribution in [0.4, 0.5) is 10.2 Å². The van der Waals surface area contributed by atoms with Gasteiger partial charge in [0.05, 0.1) is 5.56 Å². The van der Waals surface area contributed by atoms with E-state index in [0.29, 0.717) is 35.7 Å². The summed E-state index contributed by atoms with van der Waals surface area (Å²) in [5, 5.41) is 20.8. The van der Waals surface area contributed by atoms with Crippen LogP contribution in [-0.2, 0) is 6.54 Å². The van der Waals surface area contributed by atoms with Gasteiger partial charge in [0, 0.05) is 71.9 Å². The Bertz CT molecular complexity index is 1510. The van der Waals surface area contributed by atoms with E-state index in [0.717, 1.165) is 47.5 Å². The fraction of sp³-hybridized carbons (Fsp3) is 0.321. The third-order valence-electron chi connectivity index (χ3n) is 7.92. The Morgan fingerprint density at radius 3 is 2.64 bits per heavy atom. The second-order valence-corrected chi connectivity index (χ2v) is 10.2. The highest BCUT2D eigenvalue weighted by Crippen LogP contribution is 2.42. The second-order valence-electron chi connectivity index (χ2n) is 10.2. The van der Waals surface area contributed by atoms with Crippen molar-refractivity contribution in [3.8, 4) is 22.9 Å². The number of H-pyrrole nitrogens is 1. The topological polar surface area (TPSA) is 92.1 Å². The smallest absolute Gasteiger partial charge is 0.138 e. The number of rotatable bonds is 5. The number of hydrogen-bond acceptors (Lipinski definition) is 6. The van der Waals surface area contributed by atoms with E-state index in [1.165, 1.54) is 36.7 Å². The van der Waals surface area contributed by atoms with E-state index < -0.39 is 0 Å². The van der Waals surface area contributed by atoms with Crippen LogP contribution in [0.3, 0.4) is 0 Å². The Morgan fingerprint density at radius 1 is 1.08 bits per heavy atom. The molecule has 180 valence electrons. The van der Waals surface area contributed by atoms with Gasteiger partial charge < -0.3 is 15.0 Å². The number of fused-ring (bicyclic) bond motifs is 3. The van der Waals surface area contributed by atoms with Crippen molar-refractivity contribution in [3.63, 3.8) is 0 Å². The molecule has 3 saturated heterocycles. The van der Waals surface area contributed by atoms with Gasteiger partial charge in [0.1, 0.15) is 29.1 Å². The van der Waals surface area contributed by atoms with Crippen molar-refractivity contribution in [3.05, 3.63) is 71.4 Å². The largest absolute Gasteiger partial charge is 0.508 e. The number of aromatic nitrogens is 3. The number of anilines is 1. The van der Waals surface area contributed by atoms with E-state index >= 15 is 0 Å². The van der Waals surface area contributed by atoms with Crippen molar-refractivity contribution in [2.24, 2.45) is 0 Å². The molecule has 8 rings (SSSR count). The molecule has 7 nitrogen and oxygen atoms in total. The minimum absolute atomic E-state index is 0.143. The van der Waals surface area contributed by atoms with Crippen LogP contribution in [0.5, 0.6) is 5.75 Å². The average molecular weight is 481 g/mol. The molecule has 8 heteroatoms. The maximum atomic E-state index is 13.7. The number of halogens is 1. The van der Waals surface area contributed by atoms with Crippen molar-refractivity contribution in [1.82, 2.24) is 19.9 Å². The van der Waals surface area contributed by atoms with Gasteiger partial charge in [-0.25, -0.2) is 14.4 Å². The van der Waals surface area contributed by atoms with Crippen LogP contribution in [-0.4, -0.2) is 50.1 Å². The Balaban J connectivity index is 1.11. The zero-order chi connectivity index (χ0) is 24.4. The van der Waals surface area contributed by atoms with E-state index in [1.807, 2.05) is 18.3 Å². The predicted octanol–water partition coefficient (Wildman–Crippen LogP) is 4.68. The predicted molar refractivity (Wildman–Crippen MR) is 134 cm³/mol. The zero-order valence-electron chi connectivity index (χ0n) is 19.7. The fourth-order valence-electron chi connectivity index (χ4n) is 5.84. The monoisotopic (exact) mass is 480 g/mol. The van der Waals surface area contributed by atoms with Crippen LogP contribution in [0.15, 0.2) is 48.8 Å². The first-order valence-corrected chi connectivity index (χ1v) is 12.4. The van der Waals surface area contributed by atoms with Crippen molar-refractivity contribution >= 4 is 16.9 Å². The molecule has 1 aliphatic carbocycles. The fourth-order valence-corrected chi connectivity index (χ4v) is 5.84. The first-order valence-electron chi connectivity index (χ1n) is 12.4. The summed E-state index contributed by atoms with van der Waals surface area (Å²) < 4.78 is 13.7. The molecule has 1 aromatic carbocycles. The molecule has 2 bridgehead atoms. The quantitative estimate of drug-likeness (QED) is 0.431. The minimum atomic E-state index is -0.325. The Hall–Kier alpha value is -3.96. The van der Waals surface area contributed by atoms with E-state index in [4.69, 9.17) is 4.98 Å². The van der Waals surface area contributed by atoms with E-state index in [1.54, 1.807) is 6.20 Å². The van der Waals surface area contributed by atoms with Gasteiger partial charge in [0.25, 0.3) is 0 Å². The normalized spacial score (nSPS) is 21.4. The third kappa shape index (κ3) is 3.50. The molecule has 2 N–H and O–H groups in total. The molecular weight excluding hydrogens is 455 g/mol. The van der Waals surface area contributed by atoms with Crippen molar-refractivity contribution in [2.45, 2.75) is 43.8 Å². The minimum Gasteiger partial charge on any atom is -0.508 e. The number of pyridine rings is 2. The van der Waals surface area contributed by atoms with E-state index in [2.05, 4.69) is 31.9 Å². The molecule has 0 amide bonds. The zero-order valence-corrected chi connectivity index (χ0v) is 19.7. The van der Waals surface area contributed by atoms with Gasteiger partial charge in [-0.2, -0.15) is 5.26 Å². The lowest BCUT2D eigenvalue weighted by Crippen LogP contribution is -2.68. The number of nitrogens with zero attached hydrogens (tertiary/aromatic N) is 5. The number of phenols is 1. The molecule has 0 spiro atoms. The lowest BCUT2D eigenvalue weighted by molar-refractivity contribution is -0.00921. The molecule has 1 saturated carbocycles. The molecule has 0 radical (unpaired) electrons. The Morgan fingerprint density at radius 2 is 1.92 bits per heavy atom. The lowest BCUT2D eigenvalue weighted by atomic mass is 9.86. The van der Waals surface area contributed by atoms with Gasteiger partial charge in [-0.05, 0) is 61.6 Å².